The van der Waals surface area contributed by atoms with Crippen LogP contribution in [0.25, 0.3) is 0 Å². The standard InChI is InChI=1S/C11H18F4O2/c1-6(2)8(16)9(7(3)4)17-5-11(14,15)10(12)13/h6-7,9-10H,5H2,1-4H3/t9-/m0/s1. The molecule has 6 heteroatoms. The van der Waals surface area contributed by atoms with Crippen LogP contribution in [0.15, 0.2) is 0 Å². The van der Waals surface area contributed by atoms with E-state index in [1.54, 1.807) is 27.7 Å². The third-order valence-electron chi connectivity index (χ3n) is 2.23. The molecule has 0 radical (unpaired) electrons. The Labute approximate surface area is 98.3 Å². The van der Waals surface area contributed by atoms with E-state index in [0.717, 1.165) is 0 Å². The van der Waals surface area contributed by atoms with Gasteiger partial charge >= 0.3 is 12.3 Å². The number of hydrogen-bond acceptors (Lipinski definition) is 2. The Morgan fingerprint density at radius 1 is 1.18 bits per heavy atom. The second kappa shape index (κ2) is 6.33. The lowest BCUT2D eigenvalue weighted by atomic mass is 9.95. The lowest BCUT2D eigenvalue weighted by Gasteiger charge is -2.24. The first-order chi connectivity index (χ1) is 7.59. The minimum absolute atomic E-state index is 0.335. The van der Waals surface area contributed by atoms with Gasteiger partial charge in [-0.25, -0.2) is 8.78 Å². The highest BCUT2D eigenvalue weighted by Crippen LogP contribution is 2.25. The van der Waals surface area contributed by atoms with Gasteiger partial charge in [-0.15, -0.1) is 0 Å². The number of hydrogen-bond donors (Lipinski definition) is 0. The van der Waals surface area contributed by atoms with Gasteiger partial charge in [0.1, 0.15) is 12.7 Å². The van der Waals surface area contributed by atoms with E-state index in [4.69, 9.17) is 0 Å². The fraction of sp³-hybridized carbons (Fsp3) is 0.909. The van der Waals surface area contributed by atoms with Crippen LogP contribution < -0.4 is 0 Å². The highest BCUT2D eigenvalue weighted by Gasteiger charge is 2.42. The molecule has 2 nitrogen and oxygen atoms in total. The van der Waals surface area contributed by atoms with E-state index >= 15 is 0 Å². The molecule has 0 aliphatic rings. The fourth-order valence-corrected chi connectivity index (χ4v) is 1.20. The first kappa shape index (κ1) is 16.4. The molecule has 0 fully saturated rings. The summed E-state index contributed by atoms with van der Waals surface area (Å²) >= 11 is 0. The Morgan fingerprint density at radius 3 is 1.94 bits per heavy atom. The summed E-state index contributed by atoms with van der Waals surface area (Å²) in [5.41, 5.74) is 0. The normalized spacial score (nSPS) is 14.8. The monoisotopic (exact) mass is 258 g/mol. The summed E-state index contributed by atoms with van der Waals surface area (Å²) in [6.45, 7) is 5.00. The number of carbonyl (C=O) groups is 1. The summed E-state index contributed by atoms with van der Waals surface area (Å²) in [5.74, 6) is -5.30. The third kappa shape index (κ3) is 5.02. The van der Waals surface area contributed by atoms with Crippen molar-refractivity contribution in [2.75, 3.05) is 6.61 Å². The molecule has 0 aromatic carbocycles. The number of carbonyl (C=O) groups excluding carboxylic acids is 1. The van der Waals surface area contributed by atoms with Crippen molar-refractivity contribution in [3.05, 3.63) is 0 Å². The molecule has 0 saturated heterocycles. The first-order valence-electron chi connectivity index (χ1n) is 5.41. The van der Waals surface area contributed by atoms with Crippen molar-refractivity contribution in [2.24, 2.45) is 11.8 Å². The number of alkyl halides is 4. The molecule has 17 heavy (non-hydrogen) atoms. The molecule has 102 valence electrons. The van der Waals surface area contributed by atoms with Gasteiger partial charge in [-0.3, -0.25) is 4.79 Å². The molecular weight excluding hydrogens is 240 g/mol. The Kier molecular flexibility index (Phi) is 6.09. The minimum atomic E-state index is -4.22. The molecule has 0 rings (SSSR count). The van der Waals surface area contributed by atoms with E-state index in [2.05, 4.69) is 4.74 Å². The zero-order valence-corrected chi connectivity index (χ0v) is 10.3. The van der Waals surface area contributed by atoms with Crippen molar-refractivity contribution in [1.82, 2.24) is 0 Å². The van der Waals surface area contributed by atoms with E-state index in [-0.39, 0.29) is 17.6 Å². The van der Waals surface area contributed by atoms with E-state index in [0.29, 0.717) is 0 Å². The van der Waals surface area contributed by atoms with Crippen LogP contribution in [0.4, 0.5) is 17.6 Å². The van der Waals surface area contributed by atoms with Gasteiger partial charge in [-0.2, -0.15) is 8.78 Å². The SMILES string of the molecule is CC(C)C(=O)[C@@H](OCC(F)(F)C(F)F)C(C)C. The van der Waals surface area contributed by atoms with Gasteiger partial charge in [0.15, 0.2) is 5.78 Å². The van der Waals surface area contributed by atoms with Gasteiger partial charge in [-0.1, -0.05) is 27.7 Å². The Hall–Kier alpha value is -0.650. The first-order valence-corrected chi connectivity index (χ1v) is 5.41. The van der Waals surface area contributed by atoms with Crippen LogP contribution in [0, 0.1) is 11.8 Å². The van der Waals surface area contributed by atoms with Crippen LogP contribution in [0.2, 0.25) is 0 Å². The zero-order valence-electron chi connectivity index (χ0n) is 10.3. The predicted octanol–water partition coefficient (Wildman–Crippen LogP) is 3.15. The van der Waals surface area contributed by atoms with Crippen LogP contribution in [0.1, 0.15) is 27.7 Å². The molecule has 0 N–H and O–H groups in total. The molecule has 0 aromatic heterocycles. The maximum Gasteiger partial charge on any atom is 0.330 e. The van der Waals surface area contributed by atoms with Crippen LogP contribution in [-0.2, 0) is 9.53 Å². The Morgan fingerprint density at radius 2 is 1.65 bits per heavy atom. The molecular formula is C11H18F4O2. The molecule has 0 spiro atoms. The van der Waals surface area contributed by atoms with Crippen molar-refractivity contribution < 1.29 is 27.1 Å². The van der Waals surface area contributed by atoms with Gasteiger partial charge in [0, 0.05) is 5.92 Å². The lowest BCUT2D eigenvalue weighted by Crippen LogP contribution is -2.39. The van der Waals surface area contributed by atoms with Gasteiger partial charge < -0.3 is 4.74 Å². The fourth-order valence-electron chi connectivity index (χ4n) is 1.20. The van der Waals surface area contributed by atoms with Crippen LogP contribution in [0.5, 0.6) is 0 Å². The quantitative estimate of drug-likeness (QED) is 0.656. The van der Waals surface area contributed by atoms with Crippen molar-refractivity contribution in [3.63, 3.8) is 0 Å². The average molecular weight is 258 g/mol. The molecule has 1 atom stereocenters. The molecule has 0 unspecified atom stereocenters. The lowest BCUT2D eigenvalue weighted by molar-refractivity contribution is -0.183. The summed E-state index contributed by atoms with van der Waals surface area (Å²) < 4.78 is 53.8. The summed E-state index contributed by atoms with van der Waals surface area (Å²) in [6, 6.07) is 0. The zero-order chi connectivity index (χ0) is 13.8. The van der Waals surface area contributed by atoms with Crippen LogP contribution in [-0.4, -0.2) is 30.8 Å². The topological polar surface area (TPSA) is 26.3 Å². The number of rotatable bonds is 7. The highest BCUT2D eigenvalue weighted by molar-refractivity contribution is 5.85. The summed E-state index contributed by atoms with van der Waals surface area (Å²) in [6.07, 6.45) is -4.86. The molecule has 0 aliphatic carbocycles. The largest absolute Gasteiger partial charge is 0.364 e. The smallest absolute Gasteiger partial charge is 0.330 e. The van der Waals surface area contributed by atoms with Crippen LogP contribution in [0.3, 0.4) is 0 Å². The van der Waals surface area contributed by atoms with E-state index in [1.165, 1.54) is 0 Å². The minimum Gasteiger partial charge on any atom is -0.364 e. The van der Waals surface area contributed by atoms with Gasteiger partial charge in [0.2, 0.25) is 0 Å². The Balaban J connectivity index is 4.54. The molecule has 0 amide bonds. The third-order valence-corrected chi connectivity index (χ3v) is 2.23. The molecule has 0 heterocycles. The van der Waals surface area contributed by atoms with Crippen molar-refractivity contribution in [2.45, 2.75) is 46.1 Å². The van der Waals surface area contributed by atoms with Crippen molar-refractivity contribution >= 4 is 5.78 Å². The Bertz CT molecular complexity index is 252. The van der Waals surface area contributed by atoms with E-state index in [1.807, 2.05) is 0 Å². The summed E-state index contributed by atoms with van der Waals surface area (Å²) in [4.78, 5) is 11.6. The van der Waals surface area contributed by atoms with Crippen LogP contribution >= 0.6 is 0 Å². The van der Waals surface area contributed by atoms with Gasteiger partial charge in [0.05, 0.1) is 0 Å². The predicted molar refractivity (Wildman–Crippen MR) is 55.4 cm³/mol. The van der Waals surface area contributed by atoms with Crippen molar-refractivity contribution in [3.8, 4) is 0 Å². The van der Waals surface area contributed by atoms with Gasteiger partial charge in [-0.05, 0) is 5.92 Å². The molecule has 0 bridgehead atoms. The average Bonchev–Trinajstić information content (AvgIpc) is 2.16. The second-order valence-corrected chi connectivity index (χ2v) is 4.59. The number of Topliss-reactive ketones (excluding diaryl/α,β-unsaturated/α-hetero) is 1. The molecule has 0 aliphatic heterocycles. The van der Waals surface area contributed by atoms with Gasteiger partial charge in [0.25, 0.3) is 0 Å². The number of ketones is 1. The summed E-state index contributed by atoms with van der Waals surface area (Å²) in [5, 5.41) is 0. The summed E-state index contributed by atoms with van der Waals surface area (Å²) in [7, 11) is 0. The number of ether oxygens (including phenoxy) is 1. The van der Waals surface area contributed by atoms with Crippen molar-refractivity contribution in [1.29, 1.82) is 0 Å². The number of halogens is 4. The van der Waals surface area contributed by atoms with E-state index in [9.17, 15) is 22.4 Å². The highest BCUT2D eigenvalue weighted by atomic mass is 19.3. The van der Waals surface area contributed by atoms with E-state index < -0.39 is 25.1 Å². The maximum absolute atomic E-state index is 12.6. The second-order valence-electron chi connectivity index (χ2n) is 4.59. The maximum atomic E-state index is 12.6. The molecule has 0 aromatic rings. The molecule has 0 saturated carbocycles.